The molecule has 0 amide bonds. The summed E-state index contributed by atoms with van der Waals surface area (Å²) in [5.41, 5.74) is 2.95. The van der Waals surface area contributed by atoms with Crippen molar-refractivity contribution in [3.8, 4) is 11.5 Å². The Bertz CT molecular complexity index is 1020. The van der Waals surface area contributed by atoms with Crippen LogP contribution in [0.1, 0.15) is 30.9 Å². The average Bonchev–Trinajstić information content (AvgIpc) is 2.59. The van der Waals surface area contributed by atoms with E-state index in [4.69, 9.17) is 0 Å². The number of nitrogens with zero attached hydrogens (tertiary/aromatic N) is 4. The molecule has 7 heteroatoms. The van der Waals surface area contributed by atoms with Gasteiger partial charge in [0.15, 0.2) is 11.5 Å². The molecule has 0 saturated heterocycles. The molecule has 0 fully saturated rings. The largest absolute Gasteiger partial charge is 0.349 e. The van der Waals surface area contributed by atoms with Gasteiger partial charge in [-0.05, 0) is 57.1 Å². The van der Waals surface area contributed by atoms with Gasteiger partial charge < -0.3 is 9.47 Å². The van der Waals surface area contributed by atoms with Crippen LogP contribution in [0.25, 0.3) is 22.6 Å². The molecule has 2 aliphatic heterocycles. The van der Waals surface area contributed by atoms with E-state index < -0.39 is 11.2 Å². The number of aryl methyl sites for hydroxylation is 2. The minimum atomic E-state index is -0.638. The number of hydrogen-bond acceptors (Lipinski definition) is 5. The number of H-pyrrole nitrogens is 1. The highest BCUT2D eigenvalue weighted by atomic mass is 16.2. The van der Waals surface area contributed by atoms with Gasteiger partial charge in [0.25, 0.3) is 5.56 Å². The third kappa shape index (κ3) is 3.53. The highest BCUT2D eigenvalue weighted by Gasteiger charge is 2.19. The van der Waals surface area contributed by atoms with E-state index in [1.807, 2.05) is 24.5 Å². The van der Waals surface area contributed by atoms with E-state index in [0.29, 0.717) is 12.4 Å². The van der Waals surface area contributed by atoms with Crippen LogP contribution in [0, 0.1) is 13.8 Å². The highest BCUT2D eigenvalue weighted by molar-refractivity contribution is 5.81. The van der Waals surface area contributed by atoms with Crippen LogP contribution >= 0.6 is 0 Å². The van der Waals surface area contributed by atoms with E-state index >= 15 is 0 Å². The molecular weight excluding hydrogens is 330 g/mol. The quantitative estimate of drug-likeness (QED) is 0.683. The smallest absolute Gasteiger partial charge is 0.321 e. The van der Waals surface area contributed by atoms with E-state index in [9.17, 15) is 9.59 Å². The van der Waals surface area contributed by atoms with Crippen molar-refractivity contribution in [1.82, 2.24) is 24.4 Å². The number of unbranched alkanes of at least 4 members (excludes halogenated alkanes) is 1. The Labute approximate surface area is 152 Å². The van der Waals surface area contributed by atoms with Crippen molar-refractivity contribution < 1.29 is 0 Å². The monoisotopic (exact) mass is 355 g/mol. The molecule has 0 saturated carbocycles. The number of benzene rings is 1. The standard InChI is InChI=1S/C19H25N5O2/c1-5-6-7-23(4)8-9-24-15-11-13(3)12(2)10-14(15)20-16-17(24)21-19(26)22-18(16)25/h10-11H,5-9H2,1-4H3,(H,22,25,26). The third-order valence-electron chi connectivity index (χ3n) is 4.82. The zero-order valence-electron chi connectivity index (χ0n) is 15.8. The average molecular weight is 355 g/mol. The molecule has 0 spiro atoms. The molecule has 1 aromatic rings. The Balaban J connectivity index is 2.17. The minimum absolute atomic E-state index is 0.205. The maximum Gasteiger partial charge on any atom is 0.349 e. The molecule has 1 aromatic carbocycles. The Morgan fingerprint density at radius 1 is 1.12 bits per heavy atom. The van der Waals surface area contributed by atoms with Crippen molar-refractivity contribution in [1.29, 1.82) is 0 Å². The first-order chi connectivity index (χ1) is 12.4. The lowest BCUT2D eigenvalue weighted by Crippen LogP contribution is -2.31. The van der Waals surface area contributed by atoms with E-state index in [1.54, 1.807) is 0 Å². The van der Waals surface area contributed by atoms with Gasteiger partial charge in [-0.1, -0.05) is 13.3 Å². The summed E-state index contributed by atoms with van der Waals surface area (Å²) in [5, 5.41) is 0. The fraction of sp³-hybridized carbons (Fsp3) is 0.474. The van der Waals surface area contributed by atoms with Crippen LogP contribution in [0.3, 0.4) is 0 Å². The Hall–Kier alpha value is -2.54. The number of likely N-dealkylation sites (N-methyl/N-ethyl adjacent to an activating group) is 1. The second kappa shape index (κ2) is 7.37. The van der Waals surface area contributed by atoms with Crippen LogP contribution in [0.4, 0.5) is 0 Å². The highest BCUT2D eigenvalue weighted by Crippen LogP contribution is 2.23. The summed E-state index contributed by atoms with van der Waals surface area (Å²) in [5.74, 6) is 0.346. The van der Waals surface area contributed by atoms with Crippen molar-refractivity contribution in [2.75, 3.05) is 20.1 Å². The molecule has 7 nitrogen and oxygen atoms in total. The molecule has 0 bridgehead atoms. The number of aromatic amines is 1. The summed E-state index contributed by atoms with van der Waals surface area (Å²) in [7, 11) is 2.08. The predicted octanol–water partition coefficient (Wildman–Crippen LogP) is 1.93. The first-order valence-corrected chi connectivity index (χ1v) is 9.01. The van der Waals surface area contributed by atoms with E-state index in [-0.39, 0.29) is 5.69 Å². The second-order valence-corrected chi connectivity index (χ2v) is 6.89. The fourth-order valence-corrected chi connectivity index (χ4v) is 3.09. The van der Waals surface area contributed by atoms with Gasteiger partial charge in [-0.3, -0.25) is 9.78 Å². The minimum Gasteiger partial charge on any atom is -0.321 e. The first kappa shape index (κ1) is 18.3. The predicted molar refractivity (Wildman–Crippen MR) is 103 cm³/mol. The Morgan fingerprint density at radius 2 is 1.85 bits per heavy atom. The molecule has 0 aliphatic carbocycles. The lowest BCUT2D eigenvalue weighted by atomic mass is 10.1. The van der Waals surface area contributed by atoms with E-state index in [2.05, 4.69) is 39.9 Å². The normalized spacial score (nSPS) is 11.7. The maximum atomic E-state index is 12.2. The molecule has 0 radical (unpaired) electrons. The van der Waals surface area contributed by atoms with Crippen molar-refractivity contribution >= 4 is 11.0 Å². The Morgan fingerprint density at radius 3 is 2.58 bits per heavy atom. The molecule has 138 valence electrons. The summed E-state index contributed by atoms with van der Waals surface area (Å²) in [4.78, 5) is 37.0. The summed E-state index contributed by atoms with van der Waals surface area (Å²) in [6.45, 7) is 8.68. The van der Waals surface area contributed by atoms with E-state index in [1.165, 1.54) is 0 Å². The van der Waals surface area contributed by atoms with Crippen LogP contribution in [0.5, 0.6) is 0 Å². The lowest BCUT2D eigenvalue weighted by Gasteiger charge is -2.21. The van der Waals surface area contributed by atoms with Gasteiger partial charge in [0.05, 0.1) is 11.0 Å². The summed E-state index contributed by atoms with van der Waals surface area (Å²) in [6.07, 6.45) is 2.29. The van der Waals surface area contributed by atoms with Gasteiger partial charge in [-0.25, -0.2) is 9.78 Å². The van der Waals surface area contributed by atoms with Gasteiger partial charge in [-0.15, -0.1) is 0 Å². The van der Waals surface area contributed by atoms with E-state index in [0.717, 1.165) is 48.1 Å². The van der Waals surface area contributed by atoms with Gasteiger partial charge in [0.2, 0.25) is 0 Å². The molecular formula is C19H25N5O2. The molecule has 2 aliphatic rings. The SMILES string of the molecule is CCCCN(C)CCn1c2nc(=O)[nH]c(=O)c-2nc2cc(C)c(C)cc21. The number of hydrogen-bond donors (Lipinski definition) is 1. The molecule has 0 atom stereocenters. The summed E-state index contributed by atoms with van der Waals surface area (Å²) < 4.78 is 1.95. The van der Waals surface area contributed by atoms with Crippen LogP contribution in [-0.2, 0) is 6.54 Å². The first-order valence-electron chi connectivity index (χ1n) is 9.01. The molecule has 1 N–H and O–H groups in total. The molecule has 26 heavy (non-hydrogen) atoms. The molecule has 0 unspecified atom stereocenters. The number of aromatic nitrogens is 4. The molecule has 2 heterocycles. The van der Waals surface area contributed by atoms with Crippen molar-refractivity contribution in [3.63, 3.8) is 0 Å². The zero-order valence-corrected chi connectivity index (χ0v) is 15.8. The maximum absolute atomic E-state index is 12.2. The third-order valence-corrected chi connectivity index (χ3v) is 4.82. The topological polar surface area (TPSA) is 83.9 Å². The van der Waals surface area contributed by atoms with Crippen LogP contribution in [-0.4, -0.2) is 44.6 Å². The number of rotatable bonds is 6. The lowest BCUT2D eigenvalue weighted by molar-refractivity contribution is 0.315. The van der Waals surface area contributed by atoms with Crippen LogP contribution < -0.4 is 11.2 Å². The van der Waals surface area contributed by atoms with Crippen LogP contribution in [0.15, 0.2) is 21.7 Å². The summed E-state index contributed by atoms with van der Waals surface area (Å²) >= 11 is 0. The molecule has 0 aromatic heterocycles. The van der Waals surface area contributed by atoms with Crippen LogP contribution in [0.2, 0.25) is 0 Å². The summed E-state index contributed by atoms with van der Waals surface area (Å²) in [6, 6.07) is 4.03. The van der Waals surface area contributed by atoms with Crippen molar-refractivity contribution in [2.45, 2.75) is 40.2 Å². The number of nitrogens with one attached hydrogen (secondary N) is 1. The van der Waals surface area contributed by atoms with Gasteiger partial charge >= 0.3 is 5.69 Å². The van der Waals surface area contributed by atoms with Gasteiger partial charge in [0, 0.05) is 13.1 Å². The van der Waals surface area contributed by atoms with Crippen molar-refractivity contribution in [2.24, 2.45) is 0 Å². The number of fused-ring (bicyclic) bond motifs is 2. The Kier molecular flexibility index (Phi) is 5.18. The van der Waals surface area contributed by atoms with Crippen molar-refractivity contribution in [3.05, 3.63) is 44.1 Å². The second-order valence-electron chi connectivity index (χ2n) is 6.89. The van der Waals surface area contributed by atoms with Gasteiger partial charge in [-0.2, -0.15) is 4.98 Å². The van der Waals surface area contributed by atoms with Gasteiger partial charge in [0.1, 0.15) is 0 Å². The molecule has 3 rings (SSSR count). The fourth-order valence-electron chi connectivity index (χ4n) is 3.09. The zero-order chi connectivity index (χ0) is 18.8.